The first-order valence-corrected chi connectivity index (χ1v) is 10.0. The number of nitrogens with zero attached hydrogens (tertiary/aromatic N) is 4. The van der Waals surface area contributed by atoms with Crippen LogP contribution in [0.1, 0.15) is 40.0 Å². The summed E-state index contributed by atoms with van der Waals surface area (Å²) in [6.07, 6.45) is 2.24. The van der Waals surface area contributed by atoms with Crippen molar-refractivity contribution in [2.24, 2.45) is 7.05 Å². The summed E-state index contributed by atoms with van der Waals surface area (Å²) >= 11 is 0. The van der Waals surface area contributed by atoms with Crippen molar-refractivity contribution in [3.05, 3.63) is 83.0 Å². The van der Waals surface area contributed by atoms with Crippen molar-refractivity contribution in [2.45, 2.75) is 13.3 Å². The summed E-state index contributed by atoms with van der Waals surface area (Å²) in [5.74, 6) is -2.65. The number of pyridine rings is 1. The van der Waals surface area contributed by atoms with Gasteiger partial charge in [-0.1, -0.05) is 17.7 Å². The highest BCUT2D eigenvalue weighted by molar-refractivity contribution is 6.03. The van der Waals surface area contributed by atoms with Crippen LogP contribution in [0, 0.1) is 11.6 Å². The van der Waals surface area contributed by atoms with Gasteiger partial charge in [0.1, 0.15) is 23.0 Å². The summed E-state index contributed by atoms with van der Waals surface area (Å²) in [7, 11) is 1.68. The molecule has 0 radical (unpaired) electrons. The predicted octanol–water partition coefficient (Wildman–Crippen LogP) is 3.67. The van der Waals surface area contributed by atoms with Crippen LogP contribution in [0.5, 0.6) is 0 Å². The molecular formula is C23H21F2N5O2. The van der Waals surface area contributed by atoms with Gasteiger partial charge < -0.3 is 10.2 Å². The summed E-state index contributed by atoms with van der Waals surface area (Å²) in [4.78, 5) is 31.3. The number of carbonyl (C=O) groups excluding carboxylic acids is 2. The molecule has 0 fully saturated rings. The molecule has 0 atom stereocenters. The number of rotatable bonds is 4. The largest absolute Gasteiger partial charge is 0.333 e. The monoisotopic (exact) mass is 437 g/mol. The first-order valence-electron chi connectivity index (χ1n) is 10.0. The fraction of sp³-hybridized carbons (Fsp3) is 0.217. The molecule has 1 N–H and O–H groups in total. The molecule has 1 aliphatic heterocycles. The van der Waals surface area contributed by atoms with Gasteiger partial charge in [0, 0.05) is 26.3 Å². The Morgan fingerprint density at radius 3 is 2.50 bits per heavy atom. The second-order valence-electron chi connectivity index (χ2n) is 7.54. The molecule has 9 heteroatoms. The molecule has 0 aliphatic carbocycles. The number of nitrogens with one attached hydrogen (secondary N) is 1. The zero-order valence-corrected chi connectivity index (χ0v) is 17.6. The smallest absolute Gasteiger partial charge is 0.276 e. The van der Waals surface area contributed by atoms with E-state index >= 15 is 0 Å². The second kappa shape index (κ2) is 8.70. The standard InChI is InChI=1S/C23H21F2N5O2/c1-14-9-11-30(23(32)18-8-3-4-10-26-18)13-15(14)20-12-19(28-29(20)2)22(31)27-21-16(24)6-5-7-17(21)25/h3-8,10,12H,9,11,13H2,1-2H3,(H,27,31). The average molecular weight is 437 g/mol. The Bertz CT molecular complexity index is 1200. The van der Waals surface area contributed by atoms with Crippen LogP contribution in [0.25, 0.3) is 5.57 Å². The van der Waals surface area contributed by atoms with E-state index in [2.05, 4.69) is 15.4 Å². The minimum Gasteiger partial charge on any atom is -0.333 e. The number of anilines is 1. The molecule has 3 aromatic rings. The van der Waals surface area contributed by atoms with E-state index in [1.54, 1.807) is 42.4 Å². The normalized spacial score (nSPS) is 13.9. The minimum atomic E-state index is -0.871. The van der Waals surface area contributed by atoms with Crippen LogP contribution in [0.3, 0.4) is 0 Å². The lowest BCUT2D eigenvalue weighted by Crippen LogP contribution is -2.37. The molecule has 7 nitrogen and oxygen atoms in total. The maximum Gasteiger partial charge on any atom is 0.276 e. The summed E-state index contributed by atoms with van der Waals surface area (Å²) < 4.78 is 29.3. The molecular weight excluding hydrogens is 416 g/mol. The van der Waals surface area contributed by atoms with E-state index in [4.69, 9.17) is 0 Å². The van der Waals surface area contributed by atoms with Gasteiger partial charge in [-0.15, -0.1) is 0 Å². The zero-order valence-electron chi connectivity index (χ0n) is 17.6. The molecule has 0 saturated heterocycles. The number of para-hydroxylation sites is 1. The third-order valence-corrected chi connectivity index (χ3v) is 5.42. The third-order valence-electron chi connectivity index (χ3n) is 5.42. The molecule has 0 unspecified atom stereocenters. The minimum absolute atomic E-state index is 0.0126. The van der Waals surface area contributed by atoms with Crippen molar-refractivity contribution in [3.8, 4) is 0 Å². The van der Waals surface area contributed by atoms with E-state index in [1.807, 2.05) is 6.92 Å². The van der Waals surface area contributed by atoms with Gasteiger partial charge in [0.2, 0.25) is 0 Å². The Morgan fingerprint density at radius 1 is 1.06 bits per heavy atom. The predicted molar refractivity (Wildman–Crippen MR) is 115 cm³/mol. The van der Waals surface area contributed by atoms with Crippen LogP contribution < -0.4 is 5.32 Å². The number of halogens is 2. The lowest BCUT2D eigenvalue weighted by molar-refractivity contribution is 0.0766. The maximum absolute atomic E-state index is 13.9. The van der Waals surface area contributed by atoms with E-state index < -0.39 is 23.2 Å². The molecule has 0 saturated carbocycles. The Labute approximate surface area is 183 Å². The van der Waals surface area contributed by atoms with Gasteiger partial charge in [-0.3, -0.25) is 19.3 Å². The number of aromatic nitrogens is 3. The molecule has 4 rings (SSSR count). The number of hydrogen-bond donors (Lipinski definition) is 1. The summed E-state index contributed by atoms with van der Waals surface area (Å²) in [6, 6.07) is 10.1. The van der Waals surface area contributed by atoms with E-state index in [0.29, 0.717) is 30.9 Å². The summed E-state index contributed by atoms with van der Waals surface area (Å²) in [5.41, 5.74) is 2.45. The first-order chi connectivity index (χ1) is 15.3. The lowest BCUT2D eigenvalue weighted by Gasteiger charge is -2.29. The fourth-order valence-corrected chi connectivity index (χ4v) is 3.64. The SMILES string of the molecule is CC1=C(c2cc(C(=O)Nc3c(F)cccc3F)nn2C)CN(C(=O)c2ccccn2)CC1. The third kappa shape index (κ3) is 4.14. The quantitative estimate of drug-likeness (QED) is 0.676. The molecule has 1 aromatic carbocycles. The van der Waals surface area contributed by atoms with Gasteiger partial charge in [-0.05, 0) is 49.2 Å². The fourth-order valence-electron chi connectivity index (χ4n) is 3.64. The van der Waals surface area contributed by atoms with Gasteiger partial charge in [-0.25, -0.2) is 8.78 Å². The number of amides is 2. The van der Waals surface area contributed by atoms with Crippen molar-refractivity contribution in [3.63, 3.8) is 0 Å². The lowest BCUT2D eigenvalue weighted by atomic mass is 9.98. The highest BCUT2D eigenvalue weighted by atomic mass is 19.1. The van der Waals surface area contributed by atoms with E-state index in [0.717, 1.165) is 23.3 Å². The van der Waals surface area contributed by atoms with Crippen LogP contribution >= 0.6 is 0 Å². The van der Waals surface area contributed by atoms with E-state index in [9.17, 15) is 18.4 Å². The Kier molecular flexibility index (Phi) is 5.81. The van der Waals surface area contributed by atoms with Gasteiger partial charge in [-0.2, -0.15) is 5.10 Å². The van der Waals surface area contributed by atoms with Crippen molar-refractivity contribution in [1.82, 2.24) is 19.7 Å². The van der Waals surface area contributed by atoms with Crippen molar-refractivity contribution in [1.29, 1.82) is 0 Å². The molecule has 0 spiro atoms. The van der Waals surface area contributed by atoms with Gasteiger partial charge in [0.25, 0.3) is 11.8 Å². The highest BCUT2D eigenvalue weighted by Crippen LogP contribution is 2.28. The van der Waals surface area contributed by atoms with Crippen molar-refractivity contribution < 1.29 is 18.4 Å². The Morgan fingerprint density at radius 2 is 1.81 bits per heavy atom. The number of aryl methyl sites for hydroxylation is 1. The average Bonchev–Trinajstić information content (AvgIpc) is 3.18. The molecule has 32 heavy (non-hydrogen) atoms. The number of carbonyl (C=O) groups is 2. The summed E-state index contributed by atoms with van der Waals surface area (Å²) in [5, 5.41) is 6.46. The van der Waals surface area contributed by atoms with Crippen LogP contribution in [0.15, 0.2) is 54.2 Å². The molecule has 1 aliphatic rings. The molecule has 3 heterocycles. The molecule has 2 amide bonds. The highest BCUT2D eigenvalue weighted by Gasteiger charge is 2.26. The van der Waals surface area contributed by atoms with E-state index in [1.165, 1.54) is 10.7 Å². The number of hydrogen-bond acceptors (Lipinski definition) is 4. The van der Waals surface area contributed by atoms with Crippen LogP contribution in [-0.4, -0.2) is 44.6 Å². The second-order valence-corrected chi connectivity index (χ2v) is 7.54. The molecule has 0 bridgehead atoms. The van der Waals surface area contributed by atoms with Crippen molar-refractivity contribution in [2.75, 3.05) is 18.4 Å². The van der Waals surface area contributed by atoms with Crippen LogP contribution in [0.4, 0.5) is 14.5 Å². The van der Waals surface area contributed by atoms with E-state index in [-0.39, 0.29) is 11.6 Å². The molecule has 164 valence electrons. The molecule has 2 aromatic heterocycles. The van der Waals surface area contributed by atoms with Gasteiger partial charge in [0.15, 0.2) is 5.69 Å². The maximum atomic E-state index is 13.9. The van der Waals surface area contributed by atoms with Crippen LogP contribution in [0.2, 0.25) is 0 Å². The van der Waals surface area contributed by atoms with Crippen molar-refractivity contribution >= 4 is 23.1 Å². The van der Waals surface area contributed by atoms with Gasteiger partial charge >= 0.3 is 0 Å². The van der Waals surface area contributed by atoms with Gasteiger partial charge in [0.05, 0.1) is 5.69 Å². The zero-order chi connectivity index (χ0) is 22.8. The van der Waals surface area contributed by atoms with Crippen LogP contribution in [-0.2, 0) is 7.05 Å². The topological polar surface area (TPSA) is 80.1 Å². The Balaban J connectivity index is 1.57. The Hall–Kier alpha value is -3.88. The number of benzene rings is 1. The first kappa shape index (κ1) is 21.4. The summed E-state index contributed by atoms with van der Waals surface area (Å²) in [6.45, 7) is 2.87.